The molecule has 8 nitrogen and oxygen atoms in total. The third kappa shape index (κ3) is 4.51. The molecule has 2 saturated heterocycles. The van der Waals surface area contributed by atoms with Crippen molar-refractivity contribution >= 4 is 34.1 Å². The van der Waals surface area contributed by atoms with Crippen LogP contribution in [0.3, 0.4) is 0 Å². The third-order valence-corrected chi connectivity index (χ3v) is 7.29. The highest BCUT2D eigenvalue weighted by Crippen LogP contribution is 2.36. The molecule has 3 aromatic rings. The zero-order chi connectivity index (χ0) is 22.9. The topological polar surface area (TPSA) is 95.9 Å². The van der Waals surface area contributed by atoms with Gasteiger partial charge in [0.25, 0.3) is 0 Å². The molecule has 2 aliphatic heterocycles. The molecule has 5 rings (SSSR count). The molecule has 0 saturated carbocycles. The van der Waals surface area contributed by atoms with E-state index in [2.05, 4.69) is 31.0 Å². The summed E-state index contributed by atoms with van der Waals surface area (Å²) < 4.78 is 25.8. The van der Waals surface area contributed by atoms with Crippen LogP contribution in [0.5, 0.6) is 0 Å². The minimum absolute atomic E-state index is 0.0194. The van der Waals surface area contributed by atoms with Crippen LogP contribution in [0.2, 0.25) is 0 Å². The fourth-order valence-electron chi connectivity index (χ4n) is 4.93. The number of nitrogens with one attached hydrogen (secondary N) is 2. The van der Waals surface area contributed by atoms with E-state index in [0.29, 0.717) is 18.7 Å². The minimum Gasteiger partial charge on any atom is -0.318 e. The Balaban J connectivity index is 1.29. The first-order valence-corrected chi connectivity index (χ1v) is 11.9. The lowest BCUT2D eigenvalue weighted by molar-refractivity contribution is 0.133. The summed E-state index contributed by atoms with van der Waals surface area (Å²) in [6, 6.07) is 6.71. The maximum absolute atomic E-state index is 13.1. The summed E-state index contributed by atoms with van der Waals surface area (Å²) in [7, 11) is 0. The van der Waals surface area contributed by atoms with Crippen LogP contribution in [0.4, 0.5) is 19.4 Å². The number of nitrogens with zero attached hydrogens (tertiary/aromatic N) is 5. The number of carbonyl (C=O) groups excluding carboxylic acids is 1. The largest absolute Gasteiger partial charge is 0.323 e. The Hall–Kier alpha value is -2.79. The van der Waals surface area contributed by atoms with Crippen molar-refractivity contribution in [2.45, 2.75) is 56.8 Å². The van der Waals surface area contributed by atoms with Crippen molar-refractivity contribution in [2.24, 2.45) is 0 Å². The summed E-state index contributed by atoms with van der Waals surface area (Å²) in [4.78, 5) is 15.0. The SMILES string of the molecule is Cc1nnc(-c2ccc3nnc(NC(=O)N4C5CC[C@H]4CC(NC(CF)CF)C5)cc3c2)s1. The molecule has 2 aliphatic rings. The summed E-state index contributed by atoms with van der Waals surface area (Å²) in [5.41, 5.74) is 1.66. The molecule has 2 amide bonds. The summed E-state index contributed by atoms with van der Waals surface area (Å²) in [5, 5.41) is 25.2. The zero-order valence-corrected chi connectivity index (χ0v) is 19.0. The number of piperidine rings is 1. The highest BCUT2D eigenvalue weighted by atomic mass is 32.1. The molecule has 33 heavy (non-hydrogen) atoms. The lowest BCUT2D eigenvalue weighted by Gasteiger charge is -2.39. The molecule has 2 N–H and O–H groups in total. The number of anilines is 1. The van der Waals surface area contributed by atoms with Gasteiger partial charge in [0.1, 0.15) is 23.4 Å². The van der Waals surface area contributed by atoms with Crippen LogP contribution in [0.15, 0.2) is 24.3 Å². The summed E-state index contributed by atoms with van der Waals surface area (Å²) in [6.45, 7) is 0.453. The molecule has 1 aromatic carbocycles. The van der Waals surface area contributed by atoms with Crippen LogP contribution in [0.1, 0.15) is 30.7 Å². The number of aromatic nitrogens is 4. The average molecular weight is 474 g/mol. The lowest BCUT2D eigenvalue weighted by Crippen LogP contribution is -2.54. The number of aryl methyl sites for hydroxylation is 1. The molecular formula is C22H25F2N7OS. The van der Waals surface area contributed by atoms with E-state index < -0.39 is 19.4 Å². The molecular weight excluding hydrogens is 448 g/mol. The Labute approximate surface area is 193 Å². The first kappa shape index (κ1) is 22.0. The number of benzene rings is 1. The van der Waals surface area contributed by atoms with Gasteiger partial charge in [0, 0.05) is 29.1 Å². The molecule has 174 valence electrons. The summed E-state index contributed by atoms with van der Waals surface area (Å²) in [6.07, 6.45) is 3.16. The van der Waals surface area contributed by atoms with Crippen molar-refractivity contribution in [3.05, 3.63) is 29.3 Å². The van der Waals surface area contributed by atoms with E-state index in [1.807, 2.05) is 30.0 Å². The first-order valence-electron chi connectivity index (χ1n) is 11.1. The van der Waals surface area contributed by atoms with Gasteiger partial charge in [-0.2, -0.15) is 0 Å². The van der Waals surface area contributed by atoms with Crippen LogP contribution in [0.25, 0.3) is 21.5 Å². The standard InChI is InChI=1S/C22H25F2N7OS/c1-12-27-30-21(33-12)13-2-5-19-14(6-13)7-20(29-28-19)26-22(32)31-17-3-4-18(31)9-15(8-17)25-16(10-23)11-24/h2,5-7,15-18,25H,3-4,8-11H2,1H3,(H,26,29,32)/t15?,17-,18?/m0/s1. The number of urea groups is 1. The fourth-order valence-corrected chi connectivity index (χ4v) is 5.62. The Morgan fingerprint density at radius 3 is 2.55 bits per heavy atom. The zero-order valence-electron chi connectivity index (χ0n) is 18.2. The van der Waals surface area contributed by atoms with Crippen molar-refractivity contribution in [1.29, 1.82) is 0 Å². The maximum atomic E-state index is 13.1. The third-order valence-electron chi connectivity index (χ3n) is 6.40. The number of amides is 2. The molecule has 4 heterocycles. The normalized spacial score (nSPS) is 22.3. The van der Waals surface area contributed by atoms with E-state index >= 15 is 0 Å². The van der Waals surface area contributed by atoms with Gasteiger partial charge >= 0.3 is 6.03 Å². The van der Waals surface area contributed by atoms with Gasteiger partial charge in [-0.25, -0.2) is 13.6 Å². The number of fused-ring (bicyclic) bond motifs is 3. The van der Waals surface area contributed by atoms with Gasteiger partial charge in [0.15, 0.2) is 5.82 Å². The Kier molecular flexibility index (Phi) is 6.15. The van der Waals surface area contributed by atoms with Crippen molar-refractivity contribution in [3.63, 3.8) is 0 Å². The van der Waals surface area contributed by atoms with Crippen molar-refractivity contribution in [3.8, 4) is 10.6 Å². The smallest absolute Gasteiger partial charge is 0.318 e. The molecule has 0 spiro atoms. The van der Waals surface area contributed by atoms with Crippen molar-refractivity contribution in [1.82, 2.24) is 30.6 Å². The van der Waals surface area contributed by atoms with Gasteiger partial charge < -0.3 is 10.2 Å². The van der Waals surface area contributed by atoms with E-state index in [9.17, 15) is 13.6 Å². The number of alkyl halides is 2. The van der Waals surface area contributed by atoms with E-state index in [-0.39, 0.29) is 24.2 Å². The first-order chi connectivity index (χ1) is 16.0. The van der Waals surface area contributed by atoms with E-state index in [1.165, 1.54) is 11.3 Å². The fraction of sp³-hybridized carbons (Fsp3) is 0.500. The number of carbonyl (C=O) groups is 1. The molecule has 2 unspecified atom stereocenters. The van der Waals surface area contributed by atoms with Crippen molar-refractivity contribution in [2.75, 3.05) is 18.7 Å². The van der Waals surface area contributed by atoms with Crippen LogP contribution in [0, 0.1) is 6.92 Å². The second-order valence-corrected chi connectivity index (χ2v) is 9.87. The van der Waals surface area contributed by atoms with Gasteiger partial charge in [-0.05, 0) is 56.9 Å². The van der Waals surface area contributed by atoms with Gasteiger partial charge in [-0.1, -0.05) is 11.3 Å². The monoisotopic (exact) mass is 473 g/mol. The Bertz CT molecular complexity index is 1140. The number of hydrogen-bond acceptors (Lipinski definition) is 7. The van der Waals surface area contributed by atoms with Crippen LogP contribution < -0.4 is 10.6 Å². The van der Waals surface area contributed by atoms with E-state index in [4.69, 9.17) is 0 Å². The maximum Gasteiger partial charge on any atom is 0.323 e. The van der Waals surface area contributed by atoms with Crippen LogP contribution in [-0.4, -0.2) is 68.8 Å². The second kappa shape index (κ2) is 9.22. The average Bonchev–Trinajstić information content (AvgIpc) is 3.37. The van der Waals surface area contributed by atoms with Gasteiger partial charge in [-0.3, -0.25) is 5.32 Å². The number of rotatable bonds is 6. The predicted octanol–water partition coefficient (Wildman–Crippen LogP) is 3.88. The number of hydrogen-bond donors (Lipinski definition) is 2. The summed E-state index contributed by atoms with van der Waals surface area (Å²) >= 11 is 1.52. The van der Waals surface area contributed by atoms with Gasteiger partial charge in [0.05, 0.1) is 11.6 Å². The summed E-state index contributed by atoms with van der Waals surface area (Å²) in [5.74, 6) is 0.382. The Morgan fingerprint density at radius 2 is 1.88 bits per heavy atom. The van der Waals surface area contributed by atoms with E-state index in [0.717, 1.165) is 39.3 Å². The predicted molar refractivity (Wildman–Crippen MR) is 123 cm³/mol. The van der Waals surface area contributed by atoms with Crippen LogP contribution >= 0.6 is 11.3 Å². The molecule has 0 radical (unpaired) electrons. The van der Waals surface area contributed by atoms with Gasteiger partial charge in [-0.15, -0.1) is 20.4 Å². The molecule has 2 aromatic heterocycles. The highest BCUT2D eigenvalue weighted by Gasteiger charge is 2.43. The molecule has 2 fully saturated rings. The quantitative estimate of drug-likeness (QED) is 0.564. The number of halogens is 2. The molecule has 2 bridgehead atoms. The molecule has 11 heteroatoms. The molecule has 3 atom stereocenters. The van der Waals surface area contributed by atoms with Crippen LogP contribution in [-0.2, 0) is 0 Å². The van der Waals surface area contributed by atoms with Crippen molar-refractivity contribution < 1.29 is 13.6 Å². The Morgan fingerprint density at radius 1 is 1.12 bits per heavy atom. The lowest BCUT2D eigenvalue weighted by atomic mass is 9.97. The second-order valence-electron chi connectivity index (χ2n) is 8.69. The minimum atomic E-state index is -0.767. The van der Waals surface area contributed by atoms with E-state index in [1.54, 1.807) is 6.07 Å². The highest BCUT2D eigenvalue weighted by molar-refractivity contribution is 7.14. The molecule has 0 aliphatic carbocycles. The van der Waals surface area contributed by atoms with Gasteiger partial charge in [0.2, 0.25) is 0 Å².